The topological polar surface area (TPSA) is 94.8 Å². The van der Waals surface area contributed by atoms with E-state index in [0.717, 1.165) is 0 Å². The van der Waals surface area contributed by atoms with Gasteiger partial charge < -0.3 is 14.9 Å². The average molecular weight is 216 g/mol. The second-order valence-electron chi connectivity index (χ2n) is 2.78. The minimum atomic E-state index is -4.28. The summed E-state index contributed by atoms with van der Waals surface area (Å²) in [6, 6.07) is 5.40. The van der Waals surface area contributed by atoms with Gasteiger partial charge in [0.2, 0.25) is 0 Å². The van der Waals surface area contributed by atoms with Crippen LogP contribution in [0.5, 0.6) is 0 Å². The second kappa shape index (κ2) is 3.92. The van der Waals surface area contributed by atoms with Gasteiger partial charge in [-0.2, -0.15) is 0 Å². The van der Waals surface area contributed by atoms with E-state index in [1.807, 2.05) is 0 Å². The molecule has 1 aromatic rings. The van der Waals surface area contributed by atoms with Crippen LogP contribution in [0.2, 0.25) is 0 Å². The van der Waals surface area contributed by atoms with E-state index in [9.17, 15) is 9.36 Å². The van der Waals surface area contributed by atoms with E-state index in [1.54, 1.807) is 0 Å². The Hall–Kier alpha value is -1.16. The second-order valence-corrected chi connectivity index (χ2v) is 4.39. The fraction of sp³-hybridized carbons (Fsp3) is 0.125. The number of carboxylic acids is 1. The Kier molecular flexibility index (Phi) is 3.06. The smallest absolute Gasteiger partial charge is 0.356 e. The quantitative estimate of drug-likeness (QED) is 0.623. The molecule has 0 aromatic heterocycles. The van der Waals surface area contributed by atoms with E-state index in [0.29, 0.717) is 5.56 Å². The highest BCUT2D eigenvalue weighted by atomic mass is 31.2. The molecule has 0 spiro atoms. The molecule has 0 fully saturated rings. The van der Waals surface area contributed by atoms with Crippen LogP contribution in [0.25, 0.3) is 0 Å². The largest absolute Gasteiger partial charge is 0.481 e. The molecule has 14 heavy (non-hydrogen) atoms. The van der Waals surface area contributed by atoms with Gasteiger partial charge in [0.05, 0.1) is 11.7 Å². The predicted octanol–water partition coefficient (Wildman–Crippen LogP) is 0.117. The molecule has 0 radical (unpaired) electrons. The van der Waals surface area contributed by atoms with E-state index < -0.39 is 13.6 Å². The van der Waals surface area contributed by atoms with Gasteiger partial charge in [-0.25, -0.2) is 0 Å². The lowest BCUT2D eigenvalue weighted by atomic mass is 10.2. The molecule has 0 heterocycles. The van der Waals surface area contributed by atoms with Crippen LogP contribution in [0.1, 0.15) is 5.56 Å². The van der Waals surface area contributed by atoms with Crippen LogP contribution in [0.4, 0.5) is 0 Å². The first-order chi connectivity index (χ1) is 6.39. The van der Waals surface area contributed by atoms with Gasteiger partial charge in [-0.15, -0.1) is 0 Å². The summed E-state index contributed by atoms with van der Waals surface area (Å²) in [5.74, 6) is -1.03. The standard InChI is InChI=1S/C8H9O5P/c9-8(10)5-6-2-1-3-7(4-6)14(11,12)13/h1-4H,5H2,(H,9,10)(H2,11,12,13). The van der Waals surface area contributed by atoms with Crippen molar-refractivity contribution < 1.29 is 24.3 Å². The van der Waals surface area contributed by atoms with Crippen molar-refractivity contribution >= 4 is 18.9 Å². The van der Waals surface area contributed by atoms with Crippen LogP contribution in [-0.2, 0) is 15.8 Å². The maximum Gasteiger partial charge on any atom is 0.356 e. The Morgan fingerprint density at radius 3 is 2.50 bits per heavy atom. The van der Waals surface area contributed by atoms with Crippen LogP contribution < -0.4 is 5.30 Å². The zero-order chi connectivity index (χ0) is 10.8. The molecular formula is C8H9O5P. The van der Waals surface area contributed by atoms with Crippen LogP contribution >= 0.6 is 7.60 Å². The fourth-order valence-corrected chi connectivity index (χ4v) is 1.64. The average Bonchev–Trinajstić information content (AvgIpc) is 2.01. The third kappa shape index (κ3) is 2.96. The van der Waals surface area contributed by atoms with Crippen molar-refractivity contribution in [3.8, 4) is 0 Å². The lowest BCUT2D eigenvalue weighted by Gasteiger charge is -2.04. The Balaban J connectivity index is 3.02. The first-order valence-electron chi connectivity index (χ1n) is 3.76. The number of rotatable bonds is 3. The van der Waals surface area contributed by atoms with Gasteiger partial charge in [0, 0.05) is 0 Å². The van der Waals surface area contributed by atoms with Gasteiger partial charge in [-0.1, -0.05) is 12.1 Å². The van der Waals surface area contributed by atoms with Crippen LogP contribution in [0.3, 0.4) is 0 Å². The summed E-state index contributed by atoms with van der Waals surface area (Å²) >= 11 is 0. The van der Waals surface area contributed by atoms with Gasteiger partial charge in [0.25, 0.3) is 0 Å². The molecular weight excluding hydrogens is 207 g/mol. The zero-order valence-electron chi connectivity index (χ0n) is 7.12. The molecule has 0 bridgehead atoms. The Labute approximate surface area is 80.2 Å². The van der Waals surface area contributed by atoms with Crippen molar-refractivity contribution in [2.75, 3.05) is 0 Å². The molecule has 0 unspecified atom stereocenters. The summed E-state index contributed by atoms with van der Waals surface area (Å²) in [6.07, 6.45) is -0.242. The summed E-state index contributed by atoms with van der Waals surface area (Å²) in [6.45, 7) is 0. The Morgan fingerprint density at radius 2 is 2.00 bits per heavy atom. The third-order valence-electron chi connectivity index (χ3n) is 1.60. The molecule has 0 saturated carbocycles. The summed E-state index contributed by atoms with van der Waals surface area (Å²) in [5, 5.41) is 8.31. The van der Waals surface area contributed by atoms with E-state index in [2.05, 4.69) is 0 Å². The summed E-state index contributed by atoms with van der Waals surface area (Å²) in [4.78, 5) is 28.0. The van der Waals surface area contributed by atoms with Gasteiger partial charge in [-0.3, -0.25) is 9.36 Å². The minimum Gasteiger partial charge on any atom is -0.481 e. The maximum absolute atomic E-state index is 10.8. The number of carbonyl (C=O) groups is 1. The molecule has 3 N–H and O–H groups in total. The van der Waals surface area contributed by atoms with Gasteiger partial charge in [0.1, 0.15) is 0 Å². The highest BCUT2D eigenvalue weighted by molar-refractivity contribution is 7.60. The van der Waals surface area contributed by atoms with Crippen molar-refractivity contribution in [3.63, 3.8) is 0 Å². The molecule has 0 aliphatic rings. The SMILES string of the molecule is O=C(O)Cc1cccc(P(=O)(O)O)c1. The van der Waals surface area contributed by atoms with E-state index in [1.165, 1.54) is 24.3 Å². The fourth-order valence-electron chi connectivity index (χ4n) is 1.02. The molecule has 76 valence electrons. The van der Waals surface area contributed by atoms with Gasteiger partial charge in [0.15, 0.2) is 0 Å². The summed E-state index contributed by atoms with van der Waals surface area (Å²) in [5.41, 5.74) is 0.373. The Bertz CT molecular complexity index is 394. The molecule has 0 amide bonds. The molecule has 0 aliphatic heterocycles. The maximum atomic E-state index is 10.8. The third-order valence-corrected chi connectivity index (χ3v) is 2.55. The van der Waals surface area contributed by atoms with Crippen LogP contribution in [0, 0.1) is 0 Å². The van der Waals surface area contributed by atoms with E-state index in [4.69, 9.17) is 14.9 Å². The molecule has 0 saturated heterocycles. The minimum absolute atomic E-state index is 0.156. The Morgan fingerprint density at radius 1 is 1.36 bits per heavy atom. The van der Waals surface area contributed by atoms with Crippen LogP contribution in [0.15, 0.2) is 24.3 Å². The first kappa shape index (κ1) is 10.9. The van der Waals surface area contributed by atoms with Gasteiger partial charge in [-0.05, 0) is 17.7 Å². The van der Waals surface area contributed by atoms with Crippen LogP contribution in [-0.4, -0.2) is 20.9 Å². The van der Waals surface area contributed by atoms with Crippen molar-refractivity contribution in [2.24, 2.45) is 0 Å². The van der Waals surface area contributed by atoms with E-state index >= 15 is 0 Å². The van der Waals surface area contributed by atoms with Crippen molar-refractivity contribution in [1.82, 2.24) is 0 Å². The first-order valence-corrected chi connectivity index (χ1v) is 5.37. The van der Waals surface area contributed by atoms with Crippen molar-refractivity contribution in [3.05, 3.63) is 29.8 Å². The highest BCUT2D eigenvalue weighted by Gasteiger charge is 2.17. The molecule has 0 aliphatic carbocycles. The molecule has 1 rings (SSSR count). The molecule has 5 nitrogen and oxygen atoms in total. The molecule has 6 heteroatoms. The number of hydrogen-bond acceptors (Lipinski definition) is 2. The number of carboxylic acid groups (broad SMARTS) is 1. The number of benzene rings is 1. The van der Waals surface area contributed by atoms with E-state index in [-0.39, 0.29) is 11.7 Å². The molecule has 0 atom stereocenters. The zero-order valence-corrected chi connectivity index (χ0v) is 8.02. The normalized spacial score (nSPS) is 11.3. The highest BCUT2D eigenvalue weighted by Crippen LogP contribution is 2.33. The van der Waals surface area contributed by atoms with Crippen molar-refractivity contribution in [2.45, 2.75) is 6.42 Å². The molecule has 1 aromatic carbocycles. The monoisotopic (exact) mass is 216 g/mol. The summed E-state index contributed by atoms with van der Waals surface area (Å²) < 4.78 is 10.8. The van der Waals surface area contributed by atoms with Gasteiger partial charge >= 0.3 is 13.6 Å². The summed E-state index contributed by atoms with van der Waals surface area (Å²) in [7, 11) is -4.28. The lowest BCUT2D eigenvalue weighted by Crippen LogP contribution is -2.07. The predicted molar refractivity (Wildman–Crippen MR) is 49.5 cm³/mol. The lowest BCUT2D eigenvalue weighted by molar-refractivity contribution is -0.136. The number of aliphatic carboxylic acids is 1. The van der Waals surface area contributed by atoms with Crippen molar-refractivity contribution in [1.29, 1.82) is 0 Å². The number of hydrogen-bond donors (Lipinski definition) is 3.